The first-order chi connectivity index (χ1) is 4.86. The van der Waals surface area contributed by atoms with Crippen LogP contribution in [0.2, 0.25) is 0 Å². The molecule has 2 nitrogen and oxygen atoms in total. The molecule has 1 heterocycles. The fourth-order valence-electron chi connectivity index (χ4n) is 2.23. The van der Waals surface area contributed by atoms with Gasteiger partial charge in [-0.3, -0.25) is 4.18 Å². The van der Waals surface area contributed by atoms with E-state index < -0.39 is 11.1 Å². The summed E-state index contributed by atoms with van der Waals surface area (Å²) in [4.78, 5) is 0. The first-order valence-corrected chi connectivity index (χ1v) is 4.76. The Morgan fingerprint density at radius 1 is 1.40 bits per heavy atom. The Bertz CT molecular complexity index is 236. The molecule has 1 aliphatic heterocycles. The van der Waals surface area contributed by atoms with Gasteiger partial charge in [0.2, 0.25) is 0 Å². The molecule has 2 aliphatic carbocycles. The maximum atomic E-state index is 11.0. The van der Waals surface area contributed by atoms with Crippen LogP contribution in [-0.4, -0.2) is 15.6 Å². The lowest BCUT2D eigenvalue weighted by atomic mass is 10.0. The molecule has 3 aliphatic rings. The van der Waals surface area contributed by atoms with Gasteiger partial charge in [0, 0.05) is 5.92 Å². The van der Waals surface area contributed by atoms with Crippen LogP contribution in [0.3, 0.4) is 0 Å². The van der Waals surface area contributed by atoms with Crippen molar-refractivity contribution >= 4 is 11.1 Å². The van der Waals surface area contributed by atoms with Gasteiger partial charge in [-0.1, -0.05) is 12.2 Å². The number of fused-ring (bicyclic) bond motifs is 5. The minimum atomic E-state index is -0.948. The van der Waals surface area contributed by atoms with Gasteiger partial charge in [0.15, 0.2) is 11.1 Å². The predicted octanol–water partition coefficient (Wildman–Crippen LogP) is 0.623. The second kappa shape index (κ2) is 1.53. The van der Waals surface area contributed by atoms with Gasteiger partial charge in [-0.25, -0.2) is 4.21 Å². The van der Waals surface area contributed by atoms with E-state index in [1.807, 2.05) is 0 Å². The summed E-state index contributed by atoms with van der Waals surface area (Å²) in [5.41, 5.74) is 0. The third kappa shape index (κ3) is 0.443. The zero-order chi connectivity index (χ0) is 6.72. The molecule has 54 valence electrons. The van der Waals surface area contributed by atoms with E-state index >= 15 is 0 Å². The van der Waals surface area contributed by atoms with Crippen LogP contribution < -0.4 is 0 Å². The Morgan fingerprint density at radius 2 is 2.20 bits per heavy atom. The summed E-state index contributed by atoms with van der Waals surface area (Å²) < 4.78 is 16.1. The molecule has 0 amide bonds. The summed E-state index contributed by atoms with van der Waals surface area (Å²) in [5, 5.41) is 0.356. The number of hydrogen-bond acceptors (Lipinski definition) is 2. The molecule has 2 bridgehead atoms. The van der Waals surface area contributed by atoms with Crippen molar-refractivity contribution in [2.24, 2.45) is 11.8 Å². The first-order valence-electron chi connectivity index (χ1n) is 3.62. The van der Waals surface area contributed by atoms with Gasteiger partial charge in [-0.2, -0.15) is 0 Å². The van der Waals surface area contributed by atoms with Crippen LogP contribution in [0.4, 0.5) is 0 Å². The van der Waals surface area contributed by atoms with E-state index in [0.29, 0.717) is 23.2 Å². The van der Waals surface area contributed by atoms with Crippen molar-refractivity contribution in [3.8, 4) is 0 Å². The Hall–Kier alpha value is -0.150. The molecular formula is C7H8O2S. The van der Waals surface area contributed by atoms with Crippen LogP contribution in [0.1, 0.15) is 6.42 Å². The Morgan fingerprint density at radius 3 is 2.80 bits per heavy atom. The fourth-order valence-corrected chi connectivity index (χ4v) is 3.63. The highest BCUT2D eigenvalue weighted by molar-refractivity contribution is 7.82. The minimum Gasteiger partial charge on any atom is -0.285 e. The third-order valence-electron chi connectivity index (χ3n) is 2.75. The maximum Gasteiger partial charge on any atom is 0.162 e. The van der Waals surface area contributed by atoms with E-state index in [4.69, 9.17) is 4.18 Å². The van der Waals surface area contributed by atoms with Crippen LogP contribution in [0.15, 0.2) is 12.2 Å². The highest BCUT2D eigenvalue weighted by Crippen LogP contribution is 2.49. The van der Waals surface area contributed by atoms with Crippen molar-refractivity contribution in [1.29, 1.82) is 0 Å². The minimum absolute atomic E-state index is 0.316. The smallest absolute Gasteiger partial charge is 0.162 e. The molecule has 0 N–H and O–H groups in total. The van der Waals surface area contributed by atoms with Crippen molar-refractivity contribution in [1.82, 2.24) is 0 Å². The van der Waals surface area contributed by atoms with Gasteiger partial charge >= 0.3 is 0 Å². The van der Waals surface area contributed by atoms with E-state index in [1.54, 1.807) is 0 Å². The molecule has 10 heavy (non-hydrogen) atoms. The monoisotopic (exact) mass is 156 g/mol. The summed E-state index contributed by atoms with van der Waals surface area (Å²) in [6, 6.07) is 0. The summed E-state index contributed by atoms with van der Waals surface area (Å²) >= 11 is -0.948. The predicted molar refractivity (Wildman–Crippen MR) is 37.5 cm³/mol. The molecule has 0 aromatic heterocycles. The molecule has 1 unspecified atom stereocenters. The van der Waals surface area contributed by atoms with Crippen molar-refractivity contribution in [2.75, 3.05) is 0 Å². The lowest BCUT2D eigenvalue weighted by molar-refractivity contribution is 0.146. The highest BCUT2D eigenvalue weighted by atomic mass is 32.2. The Labute approximate surface area is 61.9 Å². The van der Waals surface area contributed by atoms with E-state index in [9.17, 15) is 4.21 Å². The van der Waals surface area contributed by atoms with E-state index in [0.717, 1.165) is 0 Å². The highest BCUT2D eigenvalue weighted by Gasteiger charge is 2.56. The molecule has 0 spiro atoms. The molecule has 3 rings (SSSR count). The van der Waals surface area contributed by atoms with Gasteiger partial charge in [0.05, 0.1) is 11.4 Å². The van der Waals surface area contributed by atoms with Crippen molar-refractivity contribution in [2.45, 2.75) is 17.8 Å². The van der Waals surface area contributed by atoms with Crippen LogP contribution in [-0.2, 0) is 15.3 Å². The number of rotatable bonds is 0. The zero-order valence-electron chi connectivity index (χ0n) is 5.40. The van der Waals surface area contributed by atoms with Gasteiger partial charge in [-0.15, -0.1) is 0 Å². The van der Waals surface area contributed by atoms with Crippen molar-refractivity contribution in [3.05, 3.63) is 12.2 Å². The fraction of sp³-hybridized carbons (Fsp3) is 0.714. The lowest BCUT2D eigenvalue weighted by Crippen LogP contribution is -2.47. The van der Waals surface area contributed by atoms with E-state index in [-0.39, 0.29) is 0 Å². The molecule has 0 aromatic rings. The first kappa shape index (κ1) is 5.49. The topological polar surface area (TPSA) is 26.3 Å². The quantitative estimate of drug-likeness (QED) is 0.481. The van der Waals surface area contributed by atoms with Gasteiger partial charge < -0.3 is 0 Å². The molecule has 3 heteroatoms. The average molecular weight is 156 g/mol. The lowest BCUT2D eigenvalue weighted by Gasteiger charge is -2.35. The van der Waals surface area contributed by atoms with Gasteiger partial charge in [0.1, 0.15) is 0 Å². The summed E-state index contributed by atoms with van der Waals surface area (Å²) in [6.07, 6.45) is 5.91. The average Bonchev–Trinajstić information content (AvgIpc) is 2.40. The summed E-state index contributed by atoms with van der Waals surface area (Å²) in [6.45, 7) is 0. The molecular weight excluding hydrogens is 148 g/mol. The van der Waals surface area contributed by atoms with Crippen LogP contribution in [0.5, 0.6) is 0 Å². The Balaban J connectivity index is 2.03. The number of hydrogen-bond donors (Lipinski definition) is 0. The largest absolute Gasteiger partial charge is 0.285 e. The van der Waals surface area contributed by atoms with Crippen molar-refractivity contribution < 1.29 is 8.39 Å². The molecule has 2 fully saturated rings. The standard InChI is InChI=1S/C7H8O2S/c8-10-7-5-2-1-4(3-5)6(7)9-10/h1-2,4-7H,3H2/t4-,5+,6+,7-,10?/m1/s1. The van der Waals surface area contributed by atoms with Crippen LogP contribution in [0, 0.1) is 11.8 Å². The second-order valence-corrected chi connectivity index (χ2v) is 4.49. The molecule has 5 atom stereocenters. The van der Waals surface area contributed by atoms with Gasteiger partial charge in [-0.05, 0) is 12.3 Å². The van der Waals surface area contributed by atoms with Gasteiger partial charge in [0.25, 0.3) is 0 Å². The molecule has 0 radical (unpaired) electrons. The summed E-state index contributed by atoms with van der Waals surface area (Å²) in [7, 11) is 0. The second-order valence-electron chi connectivity index (χ2n) is 3.23. The van der Waals surface area contributed by atoms with Crippen LogP contribution >= 0.6 is 0 Å². The normalized spacial score (nSPS) is 62.2. The van der Waals surface area contributed by atoms with E-state index in [1.165, 1.54) is 6.42 Å². The van der Waals surface area contributed by atoms with Crippen LogP contribution in [0.25, 0.3) is 0 Å². The molecule has 1 saturated carbocycles. The number of allylic oxidation sites excluding steroid dienone is 1. The van der Waals surface area contributed by atoms with Crippen molar-refractivity contribution in [3.63, 3.8) is 0 Å². The van der Waals surface area contributed by atoms with E-state index in [2.05, 4.69) is 12.2 Å². The maximum absolute atomic E-state index is 11.0. The summed E-state index contributed by atoms with van der Waals surface area (Å²) in [5.74, 6) is 1.16. The Kier molecular flexibility index (Phi) is 0.843. The zero-order valence-corrected chi connectivity index (χ0v) is 6.21. The molecule has 1 saturated heterocycles. The SMILES string of the molecule is O=S1O[C@@H]2[C@H]1[C@H]1C=C[C@@H]2C1. The third-order valence-corrected chi connectivity index (χ3v) is 4.22. The molecule has 0 aromatic carbocycles.